The summed E-state index contributed by atoms with van der Waals surface area (Å²) in [5, 5.41) is 12.0. The zero-order valence-corrected chi connectivity index (χ0v) is 11.8. The SMILES string of the molecule is Cc1cc(NCc2ccc(C#N)o2)cc(C)c1Br. The van der Waals surface area contributed by atoms with Crippen molar-refractivity contribution in [3.63, 3.8) is 0 Å². The van der Waals surface area contributed by atoms with Gasteiger partial charge in [-0.25, -0.2) is 0 Å². The lowest BCUT2D eigenvalue weighted by atomic mass is 10.1. The number of nitriles is 1. The molecule has 0 fully saturated rings. The molecule has 92 valence electrons. The quantitative estimate of drug-likeness (QED) is 0.927. The second-order valence-corrected chi connectivity index (χ2v) is 4.95. The molecular formula is C14H13BrN2O. The van der Waals surface area contributed by atoms with Crippen LogP contribution in [0.25, 0.3) is 0 Å². The molecule has 0 aliphatic heterocycles. The summed E-state index contributed by atoms with van der Waals surface area (Å²) in [5.74, 6) is 1.10. The van der Waals surface area contributed by atoms with Gasteiger partial charge in [0.1, 0.15) is 11.8 Å². The number of nitrogens with one attached hydrogen (secondary N) is 1. The lowest BCUT2D eigenvalue weighted by molar-refractivity contribution is 0.506. The second kappa shape index (κ2) is 5.28. The maximum atomic E-state index is 8.67. The summed E-state index contributed by atoms with van der Waals surface area (Å²) in [6, 6.07) is 9.61. The van der Waals surface area contributed by atoms with Crippen molar-refractivity contribution in [3.8, 4) is 6.07 Å². The zero-order valence-electron chi connectivity index (χ0n) is 10.2. The molecule has 2 rings (SSSR count). The number of hydrogen-bond donors (Lipinski definition) is 1. The van der Waals surface area contributed by atoms with Gasteiger partial charge >= 0.3 is 0 Å². The van der Waals surface area contributed by atoms with Crippen molar-refractivity contribution in [2.45, 2.75) is 20.4 Å². The van der Waals surface area contributed by atoms with Crippen LogP contribution in [-0.4, -0.2) is 0 Å². The first kappa shape index (κ1) is 12.7. The molecule has 1 N–H and O–H groups in total. The number of rotatable bonds is 3. The molecule has 2 aromatic rings. The fourth-order valence-corrected chi connectivity index (χ4v) is 2.00. The molecule has 1 heterocycles. The Kier molecular flexibility index (Phi) is 3.73. The van der Waals surface area contributed by atoms with Crippen LogP contribution in [0.3, 0.4) is 0 Å². The molecule has 1 aromatic carbocycles. The number of benzene rings is 1. The number of hydrogen-bond acceptors (Lipinski definition) is 3. The van der Waals surface area contributed by atoms with Crippen LogP contribution >= 0.6 is 15.9 Å². The maximum absolute atomic E-state index is 8.67. The van der Waals surface area contributed by atoms with E-state index in [1.165, 1.54) is 11.1 Å². The molecule has 0 atom stereocenters. The molecule has 0 spiro atoms. The molecule has 0 aliphatic carbocycles. The van der Waals surface area contributed by atoms with E-state index in [0.29, 0.717) is 12.3 Å². The predicted molar refractivity (Wildman–Crippen MR) is 74.4 cm³/mol. The Labute approximate surface area is 115 Å². The molecule has 0 radical (unpaired) electrons. The van der Waals surface area contributed by atoms with E-state index < -0.39 is 0 Å². The van der Waals surface area contributed by atoms with E-state index in [1.807, 2.05) is 12.1 Å². The van der Waals surface area contributed by atoms with Gasteiger partial charge in [-0.05, 0) is 49.2 Å². The average Bonchev–Trinajstić information content (AvgIpc) is 2.81. The van der Waals surface area contributed by atoms with Crippen molar-refractivity contribution in [1.29, 1.82) is 5.26 Å². The van der Waals surface area contributed by atoms with Gasteiger partial charge in [-0.2, -0.15) is 5.26 Å². The van der Waals surface area contributed by atoms with Gasteiger partial charge < -0.3 is 9.73 Å². The van der Waals surface area contributed by atoms with Crippen LogP contribution < -0.4 is 5.32 Å². The van der Waals surface area contributed by atoms with Gasteiger partial charge in [-0.3, -0.25) is 0 Å². The molecule has 0 amide bonds. The van der Waals surface area contributed by atoms with Crippen molar-refractivity contribution in [3.05, 3.63) is 51.4 Å². The zero-order chi connectivity index (χ0) is 13.1. The highest BCUT2D eigenvalue weighted by atomic mass is 79.9. The summed E-state index contributed by atoms with van der Waals surface area (Å²) in [4.78, 5) is 0. The Morgan fingerprint density at radius 2 is 1.94 bits per heavy atom. The third-order valence-electron chi connectivity index (χ3n) is 2.68. The Morgan fingerprint density at radius 1 is 1.28 bits per heavy atom. The fourth-order valence-electron chi connectivity index (χ4n) is 1.77. The predicted octanol–water partition coefficient (Wildman–Crippen LogP) is 4.14. The van der Waals surface area contributed by atoms with Gasteiger partial charge in [-0.1, -0.05) is 15.9 Å². The molecule has 0 aliphatic rings. The Hall–Kier alpha value is -1.73. The Bertz CT molecular complexity index is 587. The first-order valence-electron chi connectivity index (χ1n) is 5.59. The van der Waals surface area contributed by atoms with Crippen LogP contribution in [-0.2, 0) is 6.54 Å². The van der Waals surface area contributed by atoms with Gasteiger partial charge in [-0.15, -0.1) is 0 Å². The minimum atomic E-state index is 0.343. The highest BCUT2D eigenvalue weighted by Crippen LogP contribution is 2.25. The van der Waals surface area contributed by atoms with E-state index in [2.05, 4.69) is 47.2 Å². The van der Waals surface area contributed by atoms with Crippen molar-refractivity contribution < 1.29 is 4.42 Å². The van der Waals surface area contributed by atoms with Gasteiger partial charge in [0.2, 0.25) is 5.76 Å². The number of halogens is 1. The van der Waals surface area contributed by atoms with Crippen LogP contribution in [0, 0.1) is 25.2 Å². The minimum Gasteiger partial charge on any atom is -0.449 e. The minimum absolute atomic E-state index is 0.343. The van der Waals surface area contributed by atoms with Crippen LogP contribution in [0.5, 0.6) is 0 Å². The summed E-state index contributed by atoms with van der Waals surface area (Å²) < 4.78 is 6.44. The van der Waals surface area contributed by atoms with Crippen molar-refractivity contribution in [2.75, 3.05) is 5.32 Å². The lowest BCUT2D eigenvalue weighted by Gasteiger charge is -2.09. The topological polar surface area (TPSA) is 49.0 Å². The summed E-state index contributed by atoms with van der Waals surface area (Å²) in [5.41, 5.74) is 3.42. The molecular weight excluding hydrogens is 292 g/mol. The normalized spacial score (nSPS) is 10.1. The molecule has 4 heteroatoms. The van der Waals surface area contributed by atoms with Crippen LogP contribution in [0.15, 0.2) is 33.2 Å². The average molecular weight is 305 g/mol. The highest BCUT2D eigenvalue weighted by molar-refractivity contribution is 9.10. The first-order chi connectivity index (χ1) is 8.60. The number of anilines is 1. The van der Waals surface area contributed by atoms with Crippen molar-refractivity contribution in [2.24, 2.45) is 0 Å². The Morgan fingerprint density at radius 3 is 2.50 bits per heavy atom. The fraction of sp³-hybridized carbons (Fsp3) is 0.214. The highest BCUT2D eigenvalue weighted by Gasteiger charge is 2.04. The van der Waals surface area contributed by atoms with Crippen molar-refractivity contribution >= 4 is 21.6 Å². The molecule has 18 heavy (non-hydrogen) atoms. The molecule has 0 saturated heterocycles. The van der Waals surface area contributed by atoms with E-state index >= 15 is 0 Å². The monoisotopic (exact) mass is 304 g/mol. The molecule has 0 unspecified atom stereocenters. The van der Waals surface area contributed by atoms with E-state index in [9.17, 15) is 0 Å². The van der Waals surface area contributed by atoms with Crippen LogP contribution in [0.4, 0.5) is 5.69 Å². The van der Waals surface area contributed by atoms with Gasteiger partial charge in [0.15, 0.2) is 0 Å². The Balaban J connectivity index is 2.09. The number of aryl methyl sites for hydroxylation is 2. The summed E-state index contributed by atoms with van der Waals surface area (Å²) in [7, 11) is 0. The summed E-state index contributed by atoms with van der Waals surface area (Å²) in [6.07, 6.45) is 0. The smallest absolute Gasteiger partial charge is 0.203 e. The van der Waals surface area contributed by atoms with Gasteiger partial charge in [0.05, 0.1) is 6.54 Å². The van der Waals surface area contributed by atoms with E-state index in [0.717, 1.165) is 15.9 Å². The molecule has 0 saturated carbocycles. The van der Waals surface area contributed by atoms with E-state index in [4.69, 9.17) is 9.68 Å². The second-order valence-electron chi connectivity index (χ2n) is 4.16. The first-order valence-corrected chi connectivity index (χ1v) is 6.39. The molecule has 1 aromatic heterocycles. The maximum Gasteiger partial charge on any atom is 0.203 e. The lowest BCUT2D eigenvalue weighted by Crippen LogP contribution is -1.99. The van der Waals surface area contributed by atoms with E-state index in [-0.39, 0.29) is 0 Å². The number of furan rings is 1. The molecule has 0 bridgehead atoms. The van der Waals surface area contributed by atoms with E-state index in [1.54, 1.807) is 6.07 Å². The third-order valence-corrected chi connectivity index (χ3v) is 3.93. The number of nitrogens with zero attached hydrogens (tertiary/aromatic N) is 1. The third kappa shape index (κ3) is 2.74. The van der Waals surface area contributed by atoms with Gasteiger partial charge in [0.25, 0.3) is 0 Å². The summed E-state index contributed by atoms with van der Waals surface area (Å²) >= 11 is 3.54. The largest absolute Gasteiger partial charge is 0.449 e. The van der Waals surface area contributed by atoms with Crippen LogP contribution in [0.2, 0.25) is 0 Å². The van der Waals surface area contributed by atoms with Gasteiger partial charge in [0, 0.05) is 10.2 Å². The van der Waals surface area contributed by atoms with Crippen LogP contribution in [0.1, 0.15) is 22.6 Å². The molecule has 3 nitrogen and oxygen atoms in total. The summed E-state index contributed by atoms with van der Waals surface area (Å²) in [6.45, 7) is 4.69. The standard InChI is InChI=1S/C14H13BrN2O/c1-9-5-11(6-10(2)14(9)15)17-8-13-4-3-12(7-16)18-13/h3-6,17H,8H2,1-2H3. The van der Waals surface area contributed by atoms with Crippen molar-refractivity contribution in [1.82, 2.24) is 0 Å².